The zero-order chi connectivity index (χ0) is 17.2. The molecule has 2 fully saturated rings. The van der Waals surface area contributed by atoms with Crippen LogP contribution in [0, 0.1) is 0 Å². The smallest absolute Gasteiger partial charge is 0.248 e. The fourth-order valence-corrected chi connectivity index (χ4v) is 5.66. The average molecular weight is 353 g/mol. The van der Waals surface area contributed by atoms with E-state index in [-0.39, 0.29) is 5.91 Å². The third kappa shape index (κ3) is 3.75. The molecule has 2 aliphatic heterocycles. The first-order valence-electron chi connectivity index (χ1n) is 9.05. The maximum atomic E-state index is 11.4. The summed E-state index contributed by atoms with van der Waals surface area (Å²) in [6.07, 6.45) is 5.09. The Morgan fingerprint density at radius 3 is 2.44 bits per heavy atom. The van der Waals surface area contributed by atoms with Crippen molar-refractivity contribution < 1.29 is 4.79 Å². The van der Waals surface area contributed by atoms with Crippen LogP contribution >= 0.6 is 11.8 Å². The third-order valence-electron chi connectivity index (χ3n) is 5.47. The van der Waals surface area contributed by atoms with E-state index in [1.54, 1.807) is 6.07 Å². The van der Waals surface area contributed by atoms with Crippen LogP contribution < -0.4 is 5.73 Å². The van der Waals surface area contributed by atoms with Gasteiger partial charge in [0, 0.05) is 34.3 Å². The molecule has 0 aliphatic carbocycles. The molecule has 1 unspecified atom stereocenters. The van der Waals surface area contributed by atoms with E-state index in [1.807, 2.05) is 23.9 Å². The molecule has 2 aliphatic rings. The molecule has 2 aromatic rings. The number of hydrogen-bond acceptors (Lipinski definition) is 3. The highest BCUT2D eigenvalue weighted by atomic mass is 32.2. The monoisotopic (exact) mass is 352 g/mol. The third-order valence-corrected chi connectivity index (χ3v) is 6.71. The number of amides is 1. The van der Waals surface area contributed by atoms with Crippen molar-refractivity contribution >= 4 is 17.7 Å². The second-order valence-electron chi connectivity index (χ2n) is 7.15. The topological polar surface area (TPSA) is 46.3 Å². The Morgan fingerprint density at radius 2 is 1.76 bits per heavy atom. The Labute approximate surface area is 153 Å². The molecule has 2 aromatic carbocycles. The van der Waals surface area contributed by atoms with Crippen molar-refractivity contribution in [2.75, 3.05) is 0 Å². The van der Waals surface area contributed by atoms with E-state index in [9.17, 15) is 4.79 Å². The Kier molecular flexibility index (Phi) is 4.82. The number of carbonyl (C=O) groups is 1. The van der Waals surface area contributed by atoms with E-state index in [4.69, 9.17) is 5.73 Å². The summed E-state index contributed by atoms with van der Waals surface area (Å²) in [6.45, 7) is 1.07. The van der Waals surface area contributed by atoms with Gasteiger partial charge in [-0.25, -0.2) is 0 Å². The number of benzene rings is 2. The van der Waals surface area contributed by atoms with Crippen LogP contribution in [0.25, 0.3) is 0 Å². The van der Waals surface area contributed by atoms with Gasteiger partial charge in [0.25, 0.3) is 0 Å². The number of primary amides is 1. The molecule has 25 heavy (non-hydrogen) atoms. The van der Waals surface area contributed by atoms with Crippen LogP contribution in [0.3, 0.4) is 0 Å². The van der Waals surface area contributed by atoms with E-state index >= 15 is 0 Å². The van der Waals surface area contributed by atoms with Crippen molar-refractivity contribution in [1.29, 1.82) is 0 Å². The van der Waals surface area contributed by atoms with E-state index < -0.39 is 0 Å². The van der Waals surface area contributed by atoms with Crippen LogP contribution in [0.5, 0.6) is 0 Å². The molecule has 2 N–H and O–H groups in total. The molecule has 1 amide bonds. The minimum atomic E-state index is -0.347. The van der Waals surface area contributed by atoms with Crippen LogP contribution in [0.2, 0.25) is 0 Å². The summed E-state index contributed by atoms with van der Waals surface area (Å²) in [4.78, 5) is 15.3. The van der Waals surface area contributed by atoms with Gasteiger partial charge in [-0.1, -0.05) is 36.4 Å². The van der Waals surface area contributed by atoms with Crippen molar-refractivity contribution in [2.45, 2.75) is 54.5 Å². The molecule has 2 saturated heterocycles. The van der Waals surface area contributed by atoms with Gasteiger partial charge in [-0.15, -0.1) is 11.8 Å². The fraction of sp³-hybridized carbons (Fsp3) is 0.381. The van der Waals surface area contributed by atoms with Gasteiger partial charge in [0.1, 0.15) is 0 Å². The lowest BCUT2D eigenvalue weighted by Crippen LogP contribution is -2.43. The van der Waals surface area contributed by atoms with Gasteiger partial charge in [-0.3, -0.25) is 9.69 Å². The van der Waals surface area contributed by atoms with Crippen LogP contribution in [-0.2, 0) is 6.54 Å². The molecular weight excluding hydrogens is 328 g/mol. The maximum Gasteiger partial charge on any atom is 0.248 e. The minimum Gasteiger partial charge on any atom is -0.366 e. The van der Waals surface area contributed by atoms with E-state index in [0.29, 0.717) is 22.9 Å². The Bertz CT molecular complexity index is 735. The summed E-state index contributed by atoms with van der Waals surface area (Å²) in [5.74, 6) is -0.347. The highest BCUT2D eigenvalue weighted by molar-refractivity contribution is 8.00. The lowest BCUT2D eigenvalue weighted by Gasteiger charge is -2.38. The Hall–Kier alpha value is -1.78. The molecule has 2 heterocycles. The van der Waals surface area contributed by atoms with Crippen molar-refractivity contribution in [3.8, 4) is 0 Å². The highest BCUT2D eigenvalue weighted by Crippen LogP contribution is 2.43. The van der Waals surface area contributed by atoms with Gasteiger partial charge in [0.05, 0.1) is 0 Å². The lowest BCUT2D eigenvalue weighted by atomic mass is 10.0. The van der Waals surface area contributed by atoms with Crippen LogP contribution in [-0.4, -0.2) is 28.1 Å². The molecule has 0 saturated carbocycles. The SMILES string of the molecule is NC(=O)c1cccc(SC2C[C@H]3CC[C@@H](C2)N3Cc2ccccc2)c1. The molecule has 3 atom stereocenters. The Morgan fingerprint density at radius 1 is 1.04 bits per heavy atom. The number of nitrogens with two attached hydrogens (primary N) is 1. The van der Waals surface area contributed by atoms with Crippen LogP contribution in [0.4, 0.5) is 0 Å². The van der Waals surface area contributed by atoms with Crippen molar-refractivity contribution in [2.24, 2.45) is 5.73 Å². The molecule has 0 aromatic heterocycles. The van der Waals surface area contributed by atoms with E-state index in [0.717, 1.165) is 11.4 Å². The number of hydrogen-bond donors (Lipinski definition) is 1. The van der Waals surface area contributed by atoms with Crippen LogP contribution in [0.15, 0.2) is 59.5 Å². The first-order valence-corrected chi connectivity index (χ1v) is 9.93. The van der Waals surface area contributed by atoms with Gasteiger partial charge in [0.2, 0.25) is 5.91 Å². The van der Waals surface area contributed by atoms with Crippen LogP contribution in [0.1, 0.15) is 41.6 Å². The molecule has 2 bridgehead atoms. The average Bonchev–Trinajstić information content (AvgIpc) is 2.85. The minimum absolute atomic E-state index is 0.347. The number of thioether (sulfide) groups is 1. The number of nitrogens with zero attached hydrogens (tertiary/aromatic N) is 1. The molecule has 0 radical (unpaired) electrons. The van der Waals surface area contributed by atoms with Crippen molar-refractivity contribution in [3.63, 3.8) is 0 Å². The fourth-order valence-electron chi connectivity index (χ4n) is 4.29. The van der Waals surface area contributed by atoms with Gasteiger partial charge >= 0.3 is 0 Å². The molecule has 3 nitrogen and oxygen atoms in total. The number of carbonyl (C=O) groups excluding carboxylic acids is 1. The maximum absolute atomic E-state index is 11.4. The zero-order valence-electron chi connectivity index (χ0n) is 14.3. The predicted octanol–water partition coefficient (Wildman–Crippen LogP) is 4.07. The molecule has 130 valence electrons. The molecule has 0 spiro atoms. The Balaban J connectivity index is 1.41. The number of fused-ring (bicyclic) bond motifs is 2. The van der Waals surface area contributed by atoms with Crippen molar-refractivity contribution in [3.05, 3.63) is 65.7 Å². The summed E-state index contributed by atoms with van der Waals surface area (Å²) >= 11 is 1.92. The normalized spacial score (nSPS) is 25.8. The quantitative estimate of drug-likeness (QED) is 0.882. The molecule has 4 heteroatoms. The van der Waals surface area contributed by atoms with Gasteiger partial charge in [0.15, 0.2) is 0 Å². The van der Waals surface area contributed by atoms with Gasteiger partial charge < -0.3 is 5.73 Å². The molecular formula is C21H24N2OS. The van der Waals surface area contributed by atoms with Gasteiger partial charge in [-0.2, -0.15) is 0 Å². The summed E-state index contributed by atoms with van der Waals surface area (Å²) < 4.78 is 0. The second kappa shape index (κ2) is 7.22. The second-order valence-corrected chi connectivity index (χ2v) is 8.52. The zero-order valence-corrected chi connectivity index (χ0v) is 15.1. The summed E-state index contributed by atoms with van der Waals surface area (Å²) in [6, 6.07) is 19.9. The highest BCUT2D eigenvalue weighted by Gasteiger charge is 2.40. The number of rotatable bonds is 5. The standard InChI is InChI=1S/C21H24N2OS/c22-21(24)16-7-4-8-19(11-16)25-20-12-17-9-10-18(13-20)23(17)14-15-5-2-1-3-6-15/h1-8,11,17-18,20H,9-10,12-14H2,(H2,22,24)/t17-,18+,20?. The van der Waals surface area contributed by atoms with E-state index in [1.165, 1.54) is 31.2 Å². The van der Waals surface area contributed by atoms with E-state index in [2.05, 4.69) is 41.3 Å². The summed E-state index contributed by atoms with van der Waals surface area (Å²) in [5.41, 5.74) is 7.43. The van der Waals surface area contributed by atoms with Crippen molar-refractivity contribution in [1.82, 2.24) is 4.90 Å². The predicted molar refractivity (Wildman–Crippen MR) is 103 cm³/mol. The summed E-state index contributed by atoms with van der Waals surface area (Å²) in [7, 11) is 0. The number of piperidine rings is 1. The molecule has 4 rings (SSSR count). The lowest BCUT2D eigenvalue weighted by molar-refractivity contribution is 0.1000. The first-order chi connectivity index (χ1) is 12.2. The van der Waals surface area contributed by atoms with Gasteiger partial charge in [-0.05, 0) is 49.4 Å². The summed E-state index contributed by atoms with van der Waals surface area (Å²) in [5, 5.41) is 0.632. The largest absolute Gasteiger partial charge is 0.366 e. The first kappa shape index (κ1) is 16.7.